The van der Waals surface area contributed by atoms with Gasteiger partial charge >= 0.3 is 0 Å². The van der Waals surface area contributed by atoms with Crippen LogP contribution in [0.4, 0.5) is 0 Å². The van der Waals surface area contributed by atoms with Crippen molar-refractivity contribution in [3.05, 3.63) is 22.5 Å². The molecule has 9 heteroatoms. The Morgan fingerprint density at radius 2 is 1.97 bits per heavy atom. The molecule has 0 radical (unpaired) electrons. The van der Waals surface area contributed by atoms with Crippen molar-refractivity contribution in [2.45, 2.75) is 33.7 Å². The van der Waals surface area contributed by atoms with E-state index in [1.807, 2.05) is 6.92 Å². The van der Waals surface area contributed by atoms with Gasteiger partial charge in [0.2, 0.25) is 11.8 Å². The summed E-state index contributed by atoms with van der Waals surface area (Å²) in [6.07, 6.45) is 4.12. The van der Waals surface area contributed by atoms with E-state index in [2.05, 4.69) is 29.2 Å². The molecule has 8 nitrogen and oxygen atoms in total. The molecular formula is C21H34ClN5O3. The molecular weight excluding hydrogens is 406 g/mol. The van der Waals surface area contributed by atoms with Crippen LogP contribution in [-0.4, -0.2) is 84.4 Å². The second-order valence-corrected chi connectivity index (χ2v) is 8.35. The first-order valence-electron chi connectivity index (χ1n) is 10.5. The number of rotatable bonds is 10. The number of hydrogen-bond acceptors (Lipinski definition) is 5. The molecule has 0 aromatic carbocycles. The van der Waals surface area contributed by atoms with Crippen molar-refractivity contribution in [2.24, 2.45) is 5.92 Å². The Labute approximate surface area is 184 Å². The van der Waals surface area contributed by atoms with Gasteiger partial charge in [0.1, 0.15) is 5.15 Å². The number of nitrogens with zero attached hydrogens (tertiary/aromatic N) is 4. The van der Waals surface area contributed by atoms with Crippen molar-refractivity contribution >= 4 is 29.5 Å². The van der Waals surface area contributed by atoms with Crippen molar-refractivity contribution in [2.75, 3.05) is 53.0 Å². The summed E-state index contributed by atoms with van der Waals surface area (Å²) >= 11 is 6.44. The summed E-state index contributed by atoms with van der Waals surface area (Å²) in [4.78, 5) is 28.4. The number of aryl methyl sites for hydroxylation is 1. The molecule has 0 atom stereocenters. The van der Waals surface area contributed by atoms with Gasteiger partial charge in [0.15, 0.2) is 0 Å². The van der Waals surface area contributed by atoms with Gasteiger partial charge in [-0.05, 0) is 25.3 Å². The highest BCUT2D eigenvalue weighted by Crippen LogP contribution is 2.22. The van der Waals surface area contributed by atoms with Gasteiger partial charge in [-0.2, -0.15) is 5.10 Å². The quantitative estimate of drug-likeness (QED) is 0.444. The van der Waals surface area contributed by atoms with E-state index in [9.17, 15) is 9.59 Å². The minimum atomic E-state index is -0.0502. The summed E-state index contributed by atoms with van der Waals surface area (Å²) in [7, 11) is 1.65. The van der Waals surface area contributed by atoms with Crippen LogP contribution in [0.1, 0.15) is 31.5 Å². The fourth-order valence-electron chi connectivity index (χ4n) is 3.31. The lowest BCUT2D eigenvalue weighted by molar-refractivity contribution is -0.128. The molecule has 0 aliphatic carbocycles. The minimum Gasteiger partial charge on any atom is -0.385 e. The van der Waals surface area contributed by atoms with Gasteiger partial charge in [-0.3, -0.25) is 19.2 Å². The van der Waals surface area contributed by atoms with Crippen LogP contribution >= 0.6 is 11.6 Å². The van der Waals surface area contributed by atoms with Crippen molar-refractivity contribution < 1.29 is 14.3 Å². The summed E-state index contributed by atoms with van der Waals surface area (Å²) in [6.45, 7) is 11.0. The molecule has 0 unspecified atom stereocenters. The molecule has 0 saturated carbocycles. The van der Waals surface area contributed by atoms with Crippen molar-refractivity contribution in [1.82, 2.24) is 24.9 Å². The fourth-order valence-corrected chi connectivity index (χ4v) is 3.62. The summed E-state index contributed by atoms with van der Waals surface area (Å²) < 4.78 is 6.75. The SMILES string of the molecule is COCCCNC(=O)CN1CCN(C(=O)/C=C/c2c(C)nn(CC(C)C)c2Cl)CC1. The van der Waals surface area contributed by atoms with E-state index in [-0.39, 0.29) is 11.8 Å². The summed E-state index contributed by atoms with van der Waals surface area (Å²) in [6, 6.07) is 0. The van der Waals surface area contributed by atoms with Crippen LogP contribution in [0, 0.1) is 12.8 Å². The Balaban J connectivity index is 1.80. The lowest BCUT2D eigenvalue weighted by Gasteiger charge is -2.33. The van der Waals surface area contributed by atoms with Crippen molar-refractivity contribution in [3.63, 3.8) is 0 Å². The van der Waals surface area contributed by atoms with E-state index in [0.717, 1.165) is 24.2 Å². The zero-order chi connectivity index (χ0) is 22.1. The Bertz CT molecular complexity index is 739. The maximum absolute atomic E-state index is 12.6. The second kappa shape index (κ2) is 12.1. The van der Waals surface area contributed by atoms with Crippen LogP contribution in [0.15, 0.2) is 6.08 Å². The molecule has 2 rings (SSSR count). The van der Waals surface area contributed by atoms with Crippen LogP contribution in [0.3, 0.4) is 0 Å². The number of carbonyl (C=O) groups is 2. The minimum absolute atomic E-state index is 0.00861. The summed E-state index contributed by atoms with van der Waals surface area (Å²) in [5.41, 5.74) is 1.60. The monoisotopic (exact) mass is 439 g/mol. The zero-order valence-corrected chi connectivity index (χ0v) is 19.2. The zero-order valence-electron chi connectivity index (χ0n) is 18.5. The predicted octanol–water partition coefficient (Wildman–Crippen LogP) is 1.81. The first-order valence-corrected chi connectivity index (χ1v) is 10.9. The van der Waals surface area contributed by atoms with E-state index in [4.69, 9.17) is 16.3 Å². The lowest BCUT2D eigenvalue weighted by atomic mass is 10.2. The van der Waals surface area contributed by atoms with E-state index in [1.165, 1.54) is 0 Å². The maximum atomic E-state index is 12.6. The van der Waals surface area contributed by atoms with E-state index < -0.39 is 0 Å². The first kappa shape index (κ1) is 24.4. The highest BCUT2D eigenvalue weighted by molar-refractivity contribution is 6.31. The van der Waals surface area contributed by atoms with Gasteiger partial charge in [0.05, 0.1) is 12.2 Å². The smallest absolute Gasteiger partial charge is 0.246 e. The van der Waals surface area contributed by atoms with Crippen molar-refractivity contribution in [3.8, 4) is 0 Å². The molecule has 2 amide bonds. The molecule has 1 aromatic heterocycles. The first-order chi connectivity index (χ1) is 14.3. The molecule has 1 N–H and O–H groups in total. The topological polar surface area (TPSA) is 79.7 Å². The van der Waals surface area contributed by atoms with Crippen LogP contribution in [0.25, 0.3) is 6.08 Å². The van der Waals surface area contributed by atoms with Gasteiger partial charge in [-0.1, -0.05) is 25.4 Å². The average Bonchev–Trinajstić information content (AvgIpc) is 2.96. The molecule has 1 aliphatic heterocycles. The predicted molar refractivity (Wildman–Crippen MR) is 118 cm³/mol. The third kappa shape index (κ3) is 7.41. The number of aromatic nitrogens is 2. The molecule has 1 fully saturated rings. The Hall–Kier alpha value is -1.90. The van der Waals surface area contributed by atoms with Gasteiger partial charge in [-0.15, -0.1) is 0 Å². The Morgan fingerprint density at radius 1 is 1.27 bits per heavy atom. The average molecular weight is 440 g/mol. The number of nitrogens with one attached hydrogen (secondary N) is 1. The maximum Gasteiger partial charge on any atom is 0.246 e. The number of methoxy groups -OCH3 is 1. The second-order valence-electron chi connectivity index (χ2n) is 8.00. The molecule has 0 spiro atoms. The van der Waals surface area contributed by atoms with E-state index in [1.54, 1.807) is 28.8 Å². The molecule has 168 valence electrons. The Kier molecular flexibility index (Phi) is 9.81. The third-order valence-electron chi connectivity index (χ3n) is 4.94. The summed E-state index contributed by atoms with van der Waals surface area (Å²) in [5.74, 6) is 0.393. The Morgan fingerprint density at radius 3 is 2.60 bits per heavy atom. The normalized spacial score (nSPS) is 15.3. The van der Waals surface area contributed by atoms with Gasteiger partial charge in [-0.25, -0.2) is 0 Å². The number of halogens is 1. The molecule has 2 heterocycles. The number of amides is 2. The van der Waals surface area contributed by atoms with Crippen molar-refractivity contribution in [1.29, 1.82) is 0 Å². The molecule has 0 bridgehead atoms. The molecule has 1 saturated heterocycles. The van der Waals surface area contributed by atoms with E-state index in [0.29, 0.717) is 56.9 Å². The highest BCUT2D eigenvalue weighted by Gasteiger charge is 2.21. The van der Waals surface area contributed by atoms with E-state index >= 15 is 0 Å². The molecule has 30 heavy (non-hydrogen) atoms. The highest BCUT2D eigenvalue weighted by atomic mass is 35.5. The van der Waals surface area contributed by atoms with Gasteiger partial charge in [0.25, 0.3) is 0 Å². The summed E-state index contributed by atoms with van der Waals surface area (Å²) in [5, 5.41) is 7.92. The van der Waals surface area contributed by atoms with Crippen LogP contribution in [0.5, 0.6) is 0 Å². The molecule has 1 aliphatic rings. The number of carbonyl (C=O) groups excluding carboxylic acids is 2. The third-order valence-corrected chi connectivity index (χ3v) is 5.34. The molecule has 1 aromatic rings. The fraction of sp³-hybridized carbons (Fsp3) is 0.667. The number of piperazine rings is 1. The van der Waals surface area contributed by atoms with Crippen LogP contribution in [0.2, 0.25) is 5.15 Å². The standard InChI is InChI=1S/C21H34ClN5O3/c1-16(2)14-27-21(22)18(17(3)24-27)6-7-20(29)26-11-9-25(10-12-26)15-19(28)23-8-5-13-30-4/h6-7,16H,5,8-15H2,1-4H3,(H,23,28)/b7-6+. The van der Waals surface area contributed by atoms with Gasteiger partial charge < -0.3 is 15.0 Å². The van der Waals surface area contributed by atoms with Crippen LogP contribution in [-0.2, 0) is 20.9 Å². The number of hydrogen-bond donors (Lipinski definition) is 1. The van der Waals surface area contributed by atoms with Gasteiger partial charge in [0, 0.05) is 64.6 Å². The largest absolute Gasteiger partial charge is 0.385 e. The lowest BCUT2D eigenvalue weighted by Crippen LogP contribution is -2.50. The van der Waals surface area contributed by atoms with Crippen LogP contribution < -0.4 is 5.32 Å². The number of ether oxygens (including phenoxy) is 1.